The Kier molecular flexibility index (Phi) is 7.44. The Bertz CT molecular complexity index is 563. The van der Waals surface area contributed by atoms with Crippen molar-refractivity contribution in [3.8, 4) is 0 Å². The van der Waals surface area contributed by atoms with Crippen LogP contribution in [-0.4, -0.2) is 59.0 Å². The van der Waals surface area contributed by atoms with Crippen molar-refractivity contribution in [2.24, 2.45) is 0 Å². The van der Waals surface area contributed by atoms with Crippen molar-refractivity contribution in [3.63, 3.8) is 0 Å². The number of amides is 1. The van der Waals surface area contributed by atoms with E-state index in [0.29, 0.717) is 6.42 Å². The maximum absolute atomic E-state index is 12.4. The van der Waals surface area contributed by atoms with Gasteiger partial charge in [0, 0.05) is 25.6 Å². The average Bonchev–Trinajstić information content (AvgIpc) is 2.64. The number of carbonyl (C=O) groups excluding carboxylic acids is 1. The molecule has 1 saturated heterocycles. The van der Waals surface area contributed by atoms with E-state index in [4.69, 9.17) is 5.11 Å². The van der Waals surface area contributed by atoms with Gasteiger partial charge in [-0.25, -0.2) is 0 Å². The summed E-state index contributed by atoms with van der Waals surface area (Å²) in [5.41, 5.74) is 2.53. The molecule has 2 rings (SSSR count). The molecule has 1 N–H and O–H groups in total. The Balaban J connectivity index is 1.77. The zero-order chi connectivity index (χ0) is 18.2. The third-order valence-electron chi connectivity index (χ3n) is 5.14. The van der Waals surface area contributed by atoms with Gasteiger partial charge in [-0.3, -0.25) is 14.5 Å². The predicted molar refractivity (Wildman–Crippen MR) is 98.6 cm³/mol. The van der Waals surface area contributed by atoms with E-state index in [1.807, 2.05) is 16.7 Å². The molecule has 1 aromatic carbocycles. The summed E-state index contributed by atoms with van der Waals surface area (Å²) in [4.78, 5) is 27.3. The molecule has 0 unspecified atom stereocenters. The second-order valence-corrected chi connectivity index (χ2v) is 6.74. The van der Waals surface area contributed by atoms with E-state index in [2.05, 4.69) is 31.2 Å². The molecule has 138 valence electrons. The van der Waals surface area contributed by atoms with Gasteiger partial charge in [0.1, 0.15) is 0 Å². The highest BCUT2D eigenvalue weighted by Crippen LogP contribution is 2.18. The van der Waals surface area contributed by atoms with Gasteiger partial charge < -0.3 is 10.0 Å². The van der Waals surface area contributed by atoms with Gasteiger partial charge in [0.25, 0.3) is 0 Å². The van der Waals surface area contributed by atoms with Crippen LogP contribution in [0.15, 0.2) is 24.3 Å². The molecule has 25 heavy (non-hydrogen) atoms. The van der Waals surface area contributed by atoms with Crippen LogP contribution in [-0.2, 0) is 22.4 Å². The van der Waals surface area contributed by atoms with Crippen LogP contribution >= 0.6 is 0 Å². The van der Waals surface area contributed by atoms with Gasteiger partial charge in [-0.2, -0.15) is 0 Å². The van der Waals surface area contributed by atoms with E-state index >= 15 is 0 Å². The summed E-state index contributed by atoms with van der Waals surface area (Å²) in [5, 5.41) is 8.99. The highest BCUT2D eigenvalue weighted by molar-refractivity contribution is 5.76. The number of aliphatic carboxylic acids is 1. The molecule has 1 fully saturated rings. The van der Waals surface area contributed by atoms with E-state index in [0.717, 1.165) is 45.3 Å². The van der Waals surface area contributed by atoms with Crippen LogP contribution in [0.5, 0.6) is 0 Å². The number of carboxylic acid groups (broad SMARTS) is 1. The standard InChI is InChI=1S/C20H30N2O3/c1-3-16-5-7-17(8-6-16)9-10-19(23)22-13-11-18(12-14-22)21(4-2)15-20(24)25/h5-8,18H,3-4,9-15H2,1-2H3,(H,24,25). The summed E-state index contributed by atoms with van der Waals surface area (Å²) in [6.45, 7) is 6.41. The maximum atomic E-state index is 12.4. The number of carboxylic acids is 1. The fourth-order valence-electron chi connectivity index (χ4n) is 3.50. The van der Waals surface area contributed by atoms with Gasteiger partial charge in [-0.1, -0.05) is 38.1 Å². The number of piperidine rings is 1. The number of rotatable bonds is 8. The molecule has 1 aliphatic rings. The highest BCUT2D eigenvalue weighted by atomic mass is 16.4. The third kappa shape index (κ3) is 5.85. The van der Waals surface area contributed by atoms with Crippen LogP contribution in [0, 0.1) is 0 Å². The van der Waals surface area contributed by atoms with Crippen molar-refractivity contribution in [1.29, 1.82) is 0 Å². The van der Waals surface area contributed by atoms with Crippen molar-refractivity contribution in [2.75, 3.05) is 26.2 Å². The van der Waals surface area contributed by atoms with Crippen molar-refractivity contribution in [2.45, 2.75) is 52.0 Å². The van der Waals surface area contributed by atoms with Gasteiger partial charge in [-0.15, -0.1) is 0 Å². The van der Waals surface area contributed by atoms with Crippen LogP contribution in [0.2, 0.25) is 0 Å². The lowest BCUT2D eigenvalue weighted by Gasteiger charge is -2.37. The molecule has 5 nitrogen and oxygen atoms in total. The summed E-state index contributed by atoms with van der Waals surface area (Å²) in [7, 11) is 0. The fraction of sp³-hybridized carbons (Fsp3) is 0.600. The summed E-state index contributed by atoms with van der Waals surface area (Å²) in [5.74, 6) is -0.575. The summed E-state index contributed by atoms with van der Waals surface area (Å²) < 4.78 is 0. The Morgan fingerprint density at radius 3 is 2.24 bits per heavy atom. The molecule has 0 radical (unpaired) electrons. The number of nitrogens with zero attached hydrogens (tertiary/aromatic N) is 2. The first-order valence-corrected chi connectivity index (χ1v) is 9.34. The first-order chi connectivity index (χ1) is 12.0. The van der Waals surface area contributed by atoms with Crippen molar-refractivity contribution in [1.82, 2.24) is 9.80 Å². The smallest absolute Gasteiger partial charge is 0.317 e. The average molecular weight is 346 g/mol. The second kappa shape index (κ2) is 9.56. The quantitative estimate of drug-likeness (QED) is 0.786. The molecule has 0 atom stereocenters. The summed E-state index contributed by atoms with van der Waals surface area (Å²) in [6.07, 6.45) is 4.08. The Morgan fingerprint density at radius 1 is 1.12 bits per heavy atom. The lowest BCUT2D eigenvalue weighted by atomic mass is 10.0. The Labute approximate surface area is 150 Å². The van der Waals surface area contributed by atoms with E-state index < -0.39 is 5.97 Å². The normalized spacial score (nSPS) is 15.6. The molecule has 5 heteroatoms. The first kappa shape index (κ1) is 19.4. The largest absolute Gasteiger partial charge is 0.480 e. The van der Waals surface area contributed by atoms with E-state index in [1.54, 1.807) is 0 Å². The molecule has 1 heterocycles. The van der Waals surface area contributed by atoms with Crippen molar-refractivity contribution < 1.29 is 14.7 Å². The topological polar surface area (TPSA) is 60.9 Å². The fourth-order valence-corrected chi connectivity index (χ4v) is 3.50. The number of benzene rings is 1. The predicted octanol–water partition coefficient (Wildman–Crippen LogP) is 2.58. The zero-order valence-corrected chi connectivity index (χ0v) is 15.4. The van der Waals surface area contributed by atoms with Gasteiger partial charge >= 0.3 is 5.97 Å². The Hall–Kier alpha value is -1.88. The molecular weight excluding hydrogens is 316 g/mol. The van der Waals surface area contributed by atoms with Crippen molar-refractivity contribution in [3.05, 3.63) is 35.4 Å². The molecule has 0 saturated carbocycles. The van der Waals surface area contributed by atoms with Crippen molar-refractivity contribution >= 4 is 11.9 Å². The van der Waals surface area contributed by atoms with Crippen LogP contribution in [0.4, 0.5) is 0 Å². The molecule has 0 spiro atoms. The summed E-state index contributed by atoms with van der Waals surface area (Å²) >= 11 is 0. The Morgan fingerprint density at radius 2 is 1.72 bits per heavy atom. The monoisotopic (exact) mass is 346 g/mol. The minimum absolute atomic E-state index is 0.0862. The molecule has 1 amide bonds. The molecular formula is C20H30N2O3. The van der Waals surface area contributed by atoms with Gasteiger partial charge in [0.05, 0.1) is 6.54 Å². The SMILES string of the molecule is CCc1ccc(CCC(=O)N2CCC(N(CC)CC(=O)O)CC2)cc1. The lowest BCUT2D eigenvalue weighted by molar-refractivity contribution is -0.140. The minimum Gasteiger partial charge on any atom is -0.480 e. The van der Waals surface area contributed by atoms with Gasteiger partial charge in [0.15, 0.2) is 0 Å². The van der Waals surface area contributed by atoms with Crippen LogP contribution < -0.4 is 0 Å². The number of likely N-dealkylation sites (tertiary alicyclic amines) is 1. The van der Waals surface area contributed by atoms with Crippen LogP contribution in [0.1, 0.15) is 44.2 Å². The first-order valence-electron chi connectivity index (χ1n) is 9.34. The van der Waals surface area contributed by atoms with Crippen LogP contribution in [0.25, 0.3) is 0 Å². The molecule has 0 aliphatic carbocycles. The molecule has 1 aromatic rings. The zero-order valence-electron chi connectivity index (χ0n) is 15.4. The highest BCUT2D eigenvalue weighted by Gasteiger charge is 2.26. The minimum atomic E-state index is -0.783. The number of hydrogen-bond donors (Lipinski definition) is 1. The number of carbonyl (C=O) groups is 2. The molecule has 0 aromatic heterocycles. The molecule has 1 aliphatic heterocycles. The lowest BCUT2D eigenvalue weighted by Crippen LogP contribution is -2.48. The van der Waals surface area contributed by atoms with E-state index in [9.17, 15) is 9.59 Å². The summed E-state index contributed by atoms with van der Waals surface area (Å²) in [6, 6.07) is 8.76. The number of likely N-dealkylation sites (N-methyl/N-ethyl adjacent to an activating group) is 1. The van der Waals surface area contributed by atoms with Gasteiger partial charge in [0.2, 0.25) is 5.91 Å². The van der Waals surface area contributed by atoms with E-state index in [-0.39, 0.29) is 18.5 Å². The second-order valence-electron chi connectivity index (χ2n) is 6.74. The van der Waals surface area contributed by atoms with Crippen LogP contribution in [0.3, 0.4) is 0 Å². The molecule has 0 bridgehead atoms. The number of hydrogen-bond acceptors (Lipinski definition) is 3. The maximum Gasteiger partial charge on any atom is 0.317 e. The van der Waals surface area contributed by atoms with Gasteiger partial charge in [-0.05, 0) is 43.4 Å². The van der Waals surface area contributed by atoms with E-state index in [1.165, 1.54) is 11.1 Å². The number of aryl methyl sites for hydroxylation is 2. The third-order valence-corrected chi connectivity index (χ3v) is 5.14.